The first-order chi connectivity index (χ1) is 9.08. The third-order valence-corrected chi connectivity index (χ3v) is 3.18. The van der Waals surface area contributed by atoms with Gasteiger partial charge in [0.05, 0.1) is 6.54 Å². The van der Waals surface area contributed by atoms with E-state index in [-0.39, 0.29) is 24.2 Å². The number of hydrogen-bond acceptors (Lipinski definition) is 4. The van der Waals surface area contributed by atoms with Crippen LogP contribution in [-0.4, -0.2) is 47.5 Å². The van der Waals surface area contributed by atoms with Crippen molar-refractivity contribution in [2.75, 3.05) is 19.6 Å². The summed E-state index contributed by atoms with van der Waals surface area (Å²) in [5, 5.41) is 12.4. The largest absolute Gasteiger partial charge is 0.508 e. The Morgan fingerprint density at radius 1 is 1.37 bits per heavy atom. The number of nitrogens with one attached hydrogen (secondary N) is 1. The Morgan fingerprint density at radius 3 is 2.58 bits per heavy atom. The van der Waals surface area contributed by atoms with Crippen molar-refractivity contribution in [1.29, 1.82) is 0 Å². The average molecular weight is 263 g/mol. The molecule has 0 saturated carbocycles. The van der Waals surface area contributed by atoms with Gasteiger partial charge in [0, 0.05) is 18.2 Å². The maximum absolute atomic E-state index is 12.4. The lowest BCUT2D eigenvalue weighted by Crippen LogP contribution is -2.46. The zero-order valence-electron chi connectivity index (χ0n) is 10.5. The van der Waals surface area contributed by atoms with E-state index < -0.39 is 5.91 Å². The van der Waals surface area contributed by atoms with E-state index in [2.05, 4.69) is 5.32 Å². The van der Waals surface area contributed by atoms with E-state index in [4.69, 9.17) is 5.73 Å². The lowest BCUT2D eigenvalue weighted by atomic mass is 10.1. The van der Waals surface area contributed by atoms with Crippen LogP contribution in [0.25, 0.3) is 0 Å². The Hall–Kier alpha value is -2.08. The number of phenolic OH excluding ortho intramolecular Hbond substituents is 1. The first kappa shape index (κ1) is 13.4. The van der Waals surface area contributed by atoms with Crippen molar-refractivity contribution in [1.82, 2.24) is 10.2 Å². The standard InChI is InChI=1S/C13H17N3O3/c14-12(18)8-16(10-5-6-15-7-10)13(19)9-1-3-11(17)4-2-9/h1-4,10,15,17H,5-8H2,(H2,14,18). The van der Waals surface area contributed by atoms with E-state index >= 15 is 0 Å². The number of hydrogen-bond donors (Lipinski definition) is 3. The van der Waals surface area contributed by atoms with Gasteiger partial charge in [-0.15, -0.1) is 0 Å². The SMILES string of the molecule is NC(=O)CN(C(=O)c1ccc(O)cc1)C1CCNC1. The minimum atomic E-state index is -0.529. The summed E-state index contributed by atoms with van der Waals surface area (Å²) in [4.78, 5) is 25.0. The minimum absolute atomic E-state index is 0.0196. The van der Waals surface area contributed by atoms with Crippen LogP contribution in [0.15, 0.2) is 24.3 Å². The van der Waals surface area contributed by atoms with Gasteiger partial charge in [-0.25, -0.2) is 0 Å². The van der Waals surface area contributed by atoms with Crippen molar-refractivity contribution in [3.8, 4) is 5.75 Å². The average Bonchev–Trinajstić information content (AvgIpc) is 2.89. The number of nitrogens with two attached hydrogens (primary N) is 1. The van der Waals surface area contributed by atoms with Crippen molar-refractivity contribution in [2.24, 2.45) is 5.73 Å². The second kappa shape index (κ2) is 5.71. The van der Waals surface area contributed by atoms with Crippen molar-refractivity contribution >= 4 is 11.8 Å². The summed E-state index contributed by atoms with van der Waals surface area (Å²) in [5.41, 5.74) is 5.64. The van der Waals surface area contributed by atoms with Gasteiger partial charge in [-0.2, -0.15) is 0 Å². The molecule has 1 aliphatic heterocycles. The van der Waals surface area contributed by atoms with Crippen LogP contribution in [0.5, 0.6) is 5.75 Å². The van der Waals surface area contributed by atoms with Gasteiger partial charge in [-0.05, 0) is 37.2 Å². The number of rotatable bonds is 4. The summed E-state index contributed by atoms with van der Waals surface area (Å²) in [5.74, 6) is -0.674. The molecule has 102 valence electrons. The van der Waals surface area contributed by atoms with Crippen LogP contribution in [0.4, 0.5) is 0 Å². The molecule has 1 heterocycles. The topological polar surface area (TPSA) is 95.7 Å². The zero-order valence-corrected chi connectivity index (χ0v) is 10.5. The molecule has 0 bridgehead atoms. The monoisotopic (exact) mass is 263 g/mol. The lowest BCUT2D eigenvalue weighted by molar-refractivity contribution is -0.119. The van der Waals surface area contributed by atoms with E-state index in [0.29, 0.717) is 12.1 Å². The smallest absolute Gasteiger partial charge is 0.254 e. The second-order valence-corrected chi connectivity index (χ2v) is 4.59. The molecular weight excluding hydrogens is 246 g/mol. The Labute approximate surface area is 111 Å². The summed E-state index contributed by atoms with van der Waals surface area (Å²) in [6.45, 7) is 1.39. The molecule has 0 aliphatic carbocycles. The maximum atomic E-state index is 12.4. The van der Waals surface area contributed by atoms with E-state index in [0.717, 1.165) is 13.0 Å². The van der Waals surface area contributed by atoms with Crippen LogP contribution in [-0.2, 0) is 4.79 Å². The predicted molar refractivity (Wildman–Crippen MR) is 69.6 cm³/mol. The van der Waals surface area contributed by atoms with Crippen molar-refractivity contribution in [2.45, 2.75) is 12.5 Å². The molecule has 2 rings (SSSR count). The van der Waals surface area contributed by atoms with Gasteiger partial charge in [0.15, 0.2) is 0 Å². The van der Waals surface area contributed by atoms with Gasteiger partial charge in [0.25, 0.3) is 5.91 Å². The van der Waals surface area contributed by atoms with E-state index in [1.54, 1.807) is 0 Å². The Kier molecular flexibility index (Phi) is 4.01. The normalized spacial score (nSPS) is 18.2. The second-order valence-electron chi connectivity index (χ2n) is 4.59. The molecule has 4 N–H and O–H groups in total. The molecular formula is C13H17N3O3. The van der Waals surface area contributed by atoms with Crippen molar-refractivity contribution in [3.05, 3.63) is 29.8 Å². The first-order valence-electron chi connectivity index (χ1n) is 6.17. The number of carbonyl (C=O) groups is 2. The van der Waals surface area contributed by atoms with Crippen LogP contribution in [0.1, 0.15) is 16.8 Å². The molecule has 0 spiro atoms. The fourth-order valence-electron chi connectivity index (χ4n) is 2.21. The highest BCUT2D eigenvalue weighted by Crippen LogP contribution is 2.15. The predicted octanol–water partition coefficient (Wildman–Crippen LogP) is -0.318. The summed E-state index contributed by atoms with van der Waals surface area (Å²) >= 11 is 0. The number of benzene rings is 1. The number of amides is 2. The molecule has 2 amide bonds. The van der Waals surface area contributed by atoms with E-state index in [9.17, 15) is 14.7 Å². The first-order valence-corrected chi connectivity index (χ1v) is 6.17. The molecule has 1 aromatic carbocycles. The van der Waals surface area contributed by atoms with Gasteiger partial charge in [-0.3, -0.25) is 9.59 Å². The summed E-state index contributed by atoms with van der Waals surface area (Å²) in [7, 11) is 0. The number of phenols is 1. The minimum Gasteiger partial charge on any atom is -0.508 e. The molecule has 1 fully saturated rings. The lowest BCUT2D eigenvalue weighted by Gasteiger charge is -2.27. The Bertz CT molecular complexity index is 467. The fraction of sp³-hybridized carbons (Fsp3) is 0.385. The highest BCUT2D eigenvalue weighted by molar-refractivity contribution is 5.96. The van der Waals surface area contributed by atoms with E-state index in [1.807, 2.05) is 0 Å². The van der Waals surface area contributed by atoms with Gasteiger partial charge in [0.2, 0.25) is 5.91 Å². The molecule has 6 heteroatoms. The summed E-state index contributed by atoms with van der Waals surface area (Å²) in [6.07, 6.45) is 0.803. The summed E-state index contributed by atoms with van der Waals surface area (Å²) in [6, 6.07) is 5.95. The van der Waals surface area contributed by atoms with Gasteiger partial charge < -0.3 is 21.1 Å². The third kappa shape index (κ3) is 3.23. The number of nitrogens with zero attached hydrogens (tertiary/aromatic N) is 1. The number of aromatic hydroxyl groups is 1. The molecule has 19 heavy (non-hydrogen) atoms. The Balaban J connectivity index is 2.18. The molecule has 6 nitrogen and oxygen atoms in total. The van der Waals surface area contributed by atoms with Gasteiger partial charge in [0.1, 0.15) is 5.75 Å². The Morgan fingerprint density at radius 2 is 2.05 bits per heavy atom. The third-order valence-electron chi connectivity index (χ3n) is 3.18. The highest BCUT2D eigenvalue weighted by atomic mass is 16.3. The molecule has 0 radical (unpaired) electrons. The number of primary amides is 1. The molecule has 1 aliphatic rings. The number of carbonyl (C=O) groups excluding carboxylic acids is 2. The van der Waals surface area contributed by atoms with Crippen LogP contribution in [0.3, 0.4) is 0 Å². The molecule has 0 aromatic heterocycles. The summed E-state index contributed by atoms with van der Waals surface area (Å²) < 4.78 is 0. The van der Waals surface area contributed by atoms with Crippen molar-refractivity contribution < 1.29 is 14.7 Å². The van der Waals surface area contributed by atoms with E-state index in [1.165, 1.54) is 29.2 Å². The van der Waals surface area contributed by atoms with Gasteiger partial charge >= 0.3 is 0 Å². The fourth-order valence-corrected chi connectivity index (χ4v) is 2.21. The van der Waals surface area contributed by atoms with Crippen molar-refractivity contribution in [3.63, 3.8) is 0 Å². The van der Waals surface area contributed by atoms with Crippen LogP contribution in [0, 0.1) is 0 Å². The highest BCUT2D eigenvalue weighted by Gasteiger charge is 2.28. The molecule has 1 atom stereocenters. The van der Waals surface area contributed by atoms with Gasteiger partial charge in [-0.1, -0.05) is 0 Å². The van der Waals surface area contributed by atoms with Crippen LogP contribution < -0.4 is 11.1 Å². The molecule has 1 unspecified atom stereocenters. The molecule has 1 saturated heterocycles. The molecule has 1 aromatic rings. The quantitative estimate of drug-likeness (QED) is 0.694. The maximum Gasteiger partial charge on any atom is 0.254 e. The zero-order chi connectivity index (χ0) is 13.8. The van der Waals surface area contributed by atoms with Crippen LogP contribution in [0.2, 0.25) is 0 Å². The van der Waals surface area contributed by atoms with Crippen LogP contribution >= 0.6 is 0 Å².